The lowest BCUT2D eigenvalue weighted by atomic mass is 10.0. The second-order valence-electron chi connectivity index (χ2n) is 8.12. The number of alkyl carbamates (subject to hydrolysis) is 1. The number of carbonyl (C=O) groups excluding carboxylic acids is 2. The van der Waals surface area contributed by atoms with Crippen LogP contribution in [0.3, 0.4) is 0 Å². The molecular weight excluding hydrogens is 421 g/mol. The summed E-state index contributed by atoms with van der Waals surface area (Å²) in [6.45, 7) is 4.77. The molecule has 2 aromatic carbocycles. The zero-order valence-corrected chi connectivity index (χ0v) is 18.0. The molecule has 0 aliphatic heterocycles. The predicted octanol–water partition coefficient (Wildman–Crippen LogP) is 3.02. The lowest BCUT2D eigenvalue weighted by Gasteiger charge is -2.24. The fourth-order valence-electron chi connectivity index (χ4n) is 2.82. The summed E-state index contributed by atoms with van der Waals surface area (Å²) in [5, 5.41) is 26.2. The fourth-order valence-corrected chi connectivity index (χ4v) is 2.82. The van der Waals surface area contributed by atoms with E-state index in [4.69, 9.17) is 4.74 Å². The van der Waals surface area contributed by atoms with Gasteiger partial charge in [-0.3, -0.25) is 14.9 Å². The molecule has 0 heterocycles. The maximum atomic E-state index is 13.5. The highest BCUT2D eigenvalue weighted by molar-refractivity contribution is 5.86. The van der Waals surface area contributed by atoms with E-state index >= 15 is 0 Å². The van der Waals surface area contributed by atoms with E-state index in [1.165, 1.54) is 6.07 Å². The van der Waals surface area contributed by atoms with Gasteiger partial charge in [-0.2, -0.15) is 4.39 Å². The van der Waals surface area contributed by atoms with Gasteiger partial charge in [-0.25, -0.2) is 4.79 Å². The molecule has 2 amide bonds. The molecular formula is C22H26FN3O6. The van der Waals surface area contributed by atoms with Crippen LogP contribution in [-0.4, -0.2) is 40.2 Å². The minimum absolute atomic E-state index is 0.0677. The number of nitro benzene ring substituents is 1. The van der Waals surface area contributed by atoms with Gasteiger partial charge in [0.05, 0.1) is 11.0 Å². The van der Waals surface area contributed by atoms with Crippen molar-refractivity contribution in [1.29, 1.82) is 0 Å². The van der Waals surface area contributed by atoms with Crippen molar-refractivity contribution in [1.82, 2.24) is 10.6 Å². The number of aliphatic hydroxyl groups excluding tert-OH is 1. The summed E-state index contributed by atoms with van der Waals surface area (Å²) in [7, 11) is 0. The van der Waals surface area contributed by atoms with Crippen LogP contribution in [0.1, 0.15) is 38.0 Å². The van der Waals surface area contributed by atoms with Crippen LogP contribution < -0.4 is 10.6 Å². The van der Waals surface area contributed by atoms with Gasteiger partial charge in [-0.15, -0.1) is 0 Å². The van der Waals surface area contributed by atoms with Crippen molar-refractivity contribution in [3.05, 3.63) is 75.6 Å². The quantitative estimate of drug-likeness (QED) is 0.421. The van der Waals surface area contributed by atoms with Crippen LogP contribution >= 0.6 is 0 Å². The van der Waals surface area contributed by atoms with Crippen molar-refractivity contribution in [3.8, 4) is 0 Å². The Bertz CT molecular complexity index is 962. The number of aliphatic hydroxyl groups is 1. The molecule has 10 heteroatoms. The number of nitro groups is 1. The van der Waals surface area contributed by atoms with Gasteiger partial charge >= 0.3 is 11.8 Å². The Morgan fingerprint density at radius 2 is 1.84 bits per heavy atom. The van der Waals surface area contributed by atoms with E-state index in [-0.39, 0.29) is 18.5 Å². The SMILES string of the molecule is CC(C)(C)OC(=O)N[C@@H](Cc1ccccc1)C(=O)NC[C@H](O)c1ccc(F)c([N+](=O)[O-])c1. The van der Waals surface area contributed by atoms with Crippen LogP contribution in [-0.2, 0) is 16.0 Å². The largest absolute Gasteiger partial charge is 0.444 e. The third-order valence-electron chi connectivity index (χ3n) is 4.31. The summed E-state index contributed by atoms with van der Waals surface area (Å²) in [6.07, 6.45) is -1.93. The molecule has 0 aliphatic rings. The lowest BCUT2D eigenvalue weighted by Crippen LogP contribution is -2.50. The van der Waals surface area contributed by atoms with E-state index in [0.717, 1.165) is 17.7 Å². The Labute approximate surface area is 184 Å². The van der Waals surface area contributed by atoms with E-state index < -0.39 is 46.2 Å². The second-order valence-corrected chi connectivity index (χ2v) is 8.12. The zero-order chi connectivity index (χ0) is 23.9. The first-order chi connectivity index (χ1) is 15.0. The molecule has 2 aromatic rings. The molecule has 0 fully saturated rings. The van der Waals surface area contributed by atoms with Crippen molar-refractivity contribution >= 4 is 17.7 Å². The number of benzene rings is 2. The van der Waals surface area contributed by atoms with Gasteiger partial charge in [-0.05, 0) is 38.0 Å². The van der Waals surface area contributed by atoms with E-state index in [2.05, 4.69) is 10.6 Å². The van der Waals surface area contributed by atoms with Crippen molar-refractivity contribution in [2.24, 2.45) is 0 Å². The molecule has 0 saturated carbocycles. The molecule has 0 bridgehead atoms. The number of ether oxygens (including phenoxy) is 1. The molecule has 2 atom stereocenters. The number of nitrogens with zero attached hydrogens (tertiary/aromatic N) is 1. The minimum atomic E-state index is -1.32. The molecule has 0 radical (unpaired) electrons. The van der Waals surface area contributed by atoms with Gasteiger partial charge in [0.1, 0.15) is 11.6 Å². The highest BCUT2D eigenvalue weighted by Crippen LogP contribution is 2.22. The number of rotatable bonds is 8. The molecule has 32 heavy (non-hydrogen) atoms. The average molecular weight is 447 g/mol. The summed E-state index contributed by atoms with van der Waals surface area (Å²) >= 11 is 0. The van der Waals surface area contributed by atoms with E-state index in [1.807, 2.05) is 6.07 Å². The molecule has 0 aliphatic carbocycles. The van der Waals surface area contributed by atoms with Gasteiger partial charge in [0.15, 0.2) is 0 Å². The lowest BCUT2D eigenvalue weighted by molar-refractivity contribution is -0.387. The van der Waals surface area contributed by atoms with E-state index in [1.54, 1.807) is 45.0 Å². The first-order valence-electron chi connectivity index (χ1n) is 9.89. The second kappa shape index (κ2) is 10.7. The molecule has 0 spiro atoms. The smallest absolute Gasteiger partial charge is 0.408 e. The minimum Gasteiger partial charge on any atom is -0.444 e. The molecule has 9 nitrogen and oxygen atoms in total. The Hall–Kier alpha value is -3.53. The van der Waals surface area contributed by atoms with E-state index in [9.17, 15) is 29.2 Å². The Kier molecular flexibility index (Phi) is 8.25. The van der Waals surface area contributed by atoms with Crippen molar-refractivity contribution in [2.45, 2.75) is 44.9 Å². The van der Waals surface area contributed by atoms with Crippen LogP contribution in [0.25, 0.3) is 0 Å². The van der Waals surface area contributed by atoms with Gasteiger partial charge < -0.3 is 20.5 Å². The van der Waals surface area contributed by atoms with Gasteiger partial charge in [-0.1, -0.05) is 36.4 Å². The van der Waals surface area contributed by atoms with Crippen LogP contribution in [0.5, 0.6) is 0 Å². The number of amides is 2. The van der Waals surface area contributed by atoms with Gasteiger partial charge in [0, 0.05) is 19.0 Å². The molecule has 3 N–H and O–H groups in total. The van der Waals surface area contributed by atoms with E-state index in [0.29, 0.717) is 0 Å². The van der Waals surface area contributed by atoms with Crippen LogP contribution in [0, 0.1) is 15.9 Å². The van der Waals surface area contributed by atoms with Crippen molar-refractivity contribution < 1.29 is 28.7 Å². The highest BCUT2D eigenvalue weighted by atomic mass is 19.1. The van der Waals surface area contributed by atoms with Crippen molar-refractivity contribution in [3.63, 3.8) is 0 Å². The Balaban J connectivity index is 2.09. The summed E-state index contributed by atoms with van der Waals surface area (Å²) in [5.74, 6) is -1.62. The monoisotopic (exact) mass is 447 g/mol. The summed E-state index contributed by atoms with van der Waals surface area (Å²) in [4.78, 5) is 34.9. The van der Waals surface area contributed by atoms with Crippen LogP contribution in [0.4, 0.5) is 14.9 Å². The third kappa shape index (κ3) is 7.62. The van der Waals surface area contributed by atoms with Gasteiger partial charge in [0.2, 0.25) is 11.7 Å². The first-order valence-corrected chi connectivity index (χ1v) is 9.89. The number of carbonyl (C=O) groups is 2. The number of nitrogens with one attached hydrogen (secondary N) is 2. The number of hydrogen-bond donors (Lipinski definition) is 3. The van der Waals surface area contributed by atoms with Crippen LogP contribution in [0.15, 0.2) is 48.5 Å². The number of halogens is 1. The van der Waals surface area contributed by atoms with Crippen molar-refractivity contribution in [2.75, 3.05) is 6.54 Å². The summed E-state index contributed by atoms with van der Waals surface area (Å²) in [5.41, 5.74) is -0.677. The standard InChI is InChI=1S/C22H26FN3O6/c1-22(2,3)32-21(29)25-17(11-14-7-5-4-6-8-14)20(28)24-13-19(27)15-9-10-16(23)18(12-15)26(30)31/h4-10,12,17,19,27H,11,13H2,1-3H3,(H,24,28)(H,25,29)/t17-,19-/m0/s1. The predicted molar refractivity (Wildman–Crippen MR) is 114 cm³/mol. The van der Waals surface area contributed by atoms with Gasteiger partial charge in [0.25, 0.3) is 0 Å². The van der Waals surface area contributed by atoms with Crippen LogP contribution in [0.2, 0.25) is 0 Å². The third-order valence-corrected chi connectivity index (χ3v) is 4.31. The number of hydrogen-bond acceptors (Lipinski definition) is 6. The first kappa shape index (κ1) is 24.7. The maximum Gasteiger partial charge on any atom is 0.408 e. The zero-order valence-electron chi connectivity index (χ0n) is 18.0. The maximum absolute atomic E-state index is 13.5. The normalized spacial score (nSPS) is 13.0. The fraction of sp³-hybridized carbons (Fsp3) is 0.364. The summed E-state index contributed by atoms with van der Waals surface area (Å²) in [6, 6.07) is 11.0. The summed E-state index contributed by atoms with van der Waals surface area (Å²) < 4.78 is 18.7. The topological polar surface area (TPSA) is 131 Å². The molecule has 0 saturated heterocycles. The average Bonchev–Trinajstić information content (AvgIpc) is 2.70. The molecule has 2 rings (SSSR count). The molecule has 0 unspecified atom stereocenters. The highest BCUT2D eigenvalue weighted by Gasteiger charge is 2.25. The Morgan fingerprint density at radius 1 is 1.19 bits per heavy atom. The molecule has 172 valence electrons. The molecule has 0 aromatic heterocycles. The Morgan fingerprint density at radius 3 is 2.44 bits per heavy atom.